The molecular weight excluding hydrogens is 255 g/mol. The van der Waals surface area contributed by atoms with Gasteiger partial charge in [0.15, 0.2) is 0 Å². The normalized spacial score (nSPS) is 13.6. The summed E-state index contributed by atoms with van der Waals surface area (Å²) in [4.78, 5) is -0.593. The standard InChI is InChI=1S/C10H18F3NO2S/c1-2-3-4-15-5-6-16-7-8(9(14)17)10(11,12)13/h8H,2-7H2,1H3,(H2,14,17). The Hall–Kier alpha value is -0.400. The van der Waals surface area contributed by atoms with Crippen LogP contribution in [0, 0.1) is 5.92 Å². The summed E-state index contributed by atoms with van der Waals surface area (Å²) >= 11 is 4.35. The predicted octanol–water partition coefficient (Wildman–Crippen LogP) is 2.28. The molecule has 0 aromatic heterocycles. The molecule has 0 radical (unpaired) electrons. The molecule has 0 heterocycles. The van der Waals surface area contributed by atoms with Crippen LogP contribution < -0.4 is 5.73 Å². The van der Waals surface area contributed by atoms with Gasteiger partial charge in [-0.15, -0.1) is 0 Å². The molecule has 2 N–H and O–H groups in total. The molecule has 0 amide bonds. The summed E-state index contributed by atoms with van der Waals surface area (Å²) in [6.07, 6.45) is -2.51. The van der Waals surface area contributed by atoms with Gasteiger partial charge in [-0.2, -0.15) is 13.2 Å². The molecule has 1 atom stereocenters. The van der Waals surface area contributed by atoms with Crippen molar-refractivity contribution in [1.29, 1.82) is 0 Å². The SMILES string of the molecule is CCCCOCCOCC(C(N)=S)C(F)(F)F. The van der Waals surface area contributed by atoms with Gasteiger partial charge in [0.2, 0.25) is 0 Å². The summed E-state index contributed by atoms with van der Waals surface area (Å²) in [7, 11) is 0. The average Bonchev–Trinajstić information content (AvgIpc) is 2.19. The molecule has 0 fully saturated rings. The number of halogens is 3. The van der Waals surface area contributed by atoms with Crippen LogP contribution in [-0.4, -0.2) is 37.6 Å². The Labute approximate surface area is 104 Å². The van der Waals surface area contributed by atoms with Crippen molar-refractivity contribution in [3.8, 4) is 0 Å². The van der Waals surface area contributed by atoms with Gasteiger partial charge in [-0.25, -0.2) is 0 Å². The van der Waals surface area contributed by atoms with Crippen LogP contribution in [0.25, 0.3) is 0 Å². The van der Waals surface area contributed by atoms with Gasteiger partial charge in [-0.3, -0.25) is 0 Å². The molecule has 102 valence electrons. The Morgan fingerprint density at radius 1 is 1.24 bits per heavy atom. The van der Waals surface area contributed by atoms with Gasteiger partial charge in [0, 0.05) is 6.61 Å². The molecule has 0 rings (SSSR count). The molecule has 7 heteroatoms. The van der Waals surface area contributed by atoms with Gasteiger partial charge < -0.3 is 15.2 Å². The molecule has 0 aliphatic heterocycles. The Morgan fingerprint density at radius 3 is 2.29 bits per heavy atom. The molecule has 3 nitrogen and oxygen atoms in total. The fraction of sp³-hybridized carbons (Fsp3) is 0.900. The minimum Gasteiger partial charge on any atom is -0.393 e. The maximum Gasteiger partial charge on any atom is 0.400 e. The number of alkyl halides is 3. The second-order valence-corrected chi connectivity index (χ2v) is 4.01. The Kier molecular flexibility index (Phi) is 8.45. The smallest absolute Gasteiger partial charge is 0.393 e. The second-order valence-electron chi connectivity index (χ2n) is 3.54. The highest BCUT2D eigenvalue weighted by atomic mass is 32.1. The van der Waals surface area contributed by atoms with E-state index in [0.717, 1.165) is 12.8 Å². The van der Waals surface area contributed by atoms with E-state index in [4.69, 9.17) is 15.2 Å². The monoisotopic (exact) mass is 273 g/mol. The highest BCUT2D eigenvalue weighted by molar-refractivity contribution is 7.80. The van der Waals surface area contributed by atoms with Crippen LogP contribution in [0.3, 0.4) is 0 Å². The number of nitrogens with two attached hydrogens (primary N) is 1. The van der Waals surface area contributed by atoms with Crippen LogP contribution in [0.5, 0.6) is 0 Å². The molecule has 0 aliphatic rings. The van der Waals surface area contributed by atoms with E-state index in [9.17, 15) is 13.2 Å². The molecule has 0 aliphatic carbocycles. The maximum absolute atomic E-state index is 12.4. The topological polar surface area (TPSA) is 44.5 Å². The number of hydrogen-bond acceptors (Lipinski definition) is 3. The first-order chi connectivity index (χ1) is 7.89. The van der Waals surface area contributed by atoms with Gasteiger partial charge in [-0.1, -0.05) is 25.6 Å². The fourth-order valence-corrected chi connectivity index (χ4v) is 1.21. The van der Waals surface area contributed by atoms with E-state index < -0.39 is 23.7 Å². The number of rotatable bonds is 9. The zero-order valence-electron chi connectivity index (χ0n) is 9.76. The highest BCUT2D eigenvalue weighted by Crippen LogP contribution is 2.26. The minimum absolute atomic E-state index is 0.110. The van der Waals surface area contributed by atoms with Crippen LogP contribution in [0.15, 0.2) is 0 Å². The van der Waals surface area contributed by atoms with E-state index in [0.29, 0.717) is 6.61 Å². The van der Waals surface area contributed by atoms with E-state index in [2.05, 4.69) is 12.2 Å². The first-order valence-electron chi connectivity index (χ1n) is 5.41. The maximum atomic E-state index is 12.4. The van der Waals surface area contributed by atoms with Crippen molar-refractivity contribution in [3.05, 3.63) is 0 Å². The zero-order chi connectivity index (χ0) is 13.3. The Balaban J connectivity index is 3.67. The Morgan fingerprint density at radius 2 is 1.82 bits per heavy atom. The summed E-state index contributed by atoms with van der Waals surface area (Å²) in [5.41, 5.74) is 5.00. The van der Waals surface area contributed by atoms with Crippen molar-refractivity contribution >= 4 is 17.2 Å². The third-order valence-corrected chi connectivity index (χ3v) is 2.32. The summed E-state index contributed by atoms with van der Waals surface area (Å²) in [5, 5.41) is 0. The van der Waals surface area contributed by atoms with Gasteiger partial charge >= 0.3 is 6.18 Å². The fourth-order valence-electron chi connectivity index (χ4n) is 1.01. The predicted molar refractivity (Wildman–Crippen MR) is 62.9 cm³/mol. The van der Waals surface area contributed by atoms with Crippen LogP contribution in [0.1, 0.15) is 19.8 Å². The largest absolute Gasteiger partial charge is 0.400 e. The van der Waals surface area contributed by atoms with Crippen molar-refractivity contribution in [1.82, 2.24) is 0 Å². The van der Waals surface area contributed by atoms with Crippen LogP contribution in [0.2, 0.25) is 0 Å². The lowest BCUT2D eigenvalue weighted by Gasteiger charge is -2.18. The van der Waals surface area contributed by atoms with E-state index in [1.165, 1.54) is 0 Å². The van der Waals surface area contributed by atoms with Crippen molar-refractivity contribution in [3.63, 3.8) is 0 Å². The molecule has 1 unspecified atom stereocenters. The van der Waals surface area contributed by atoms with Crippen LogP contribution in [-0.2, 0) is 9.47 Å². The molecule has 0 saturated heterocycles. The summed E-state index contributed by atoms with van der Waals surface area (Å²) in [6, 6.07) is 0. The zero-order valence-corrected chi connectivity index (χ0v) is 10.6. The molecule has 0 aromatic rings. The Bertz CT molecular complexity index is 224. The lowest BCUT2D eigenvalue weighted by atomic mass is 10.1. The van der Waals surface area contributed by atoms with Crippen molar-refractivity contribution in [2.45, 2.75) is 25.9 Å². The lowest BCUT2D eigenvalue weighted by Crippen LogP contribution is -2.38. The molecule has 0 saturated carbocycles. The van der Waals surface area contributed by atoms with Crippen molar-refractivity contribution < 1.29 is 22.6 Å². The first kappa shape index (κ1) is 16.6. The highest BCUT2D eigenvalue weighted by Gasteiger charge is 2.41. The summed E-state index contributed by atoms with van der Waals surface area (Å²) in [6.45, 7) is 2.46. The second kappa shape index (κ2) is 8.66. The molecular formula is C10H18F3NO2S. The molecule has 0 bridgehead atoms. The number of hydrogen-bond donors (Lipinski definition) is 1. The molecule has 17 heavy (non-hydrogen) atoms. The third-order valence-electron chi connectivity index (χ3n) is 2.04. The van der Waals surface area contributed by atoms with Gasteiger partial charge in [0.05, 0.1) is 24.8 Å². The number of ether oxygens (including phenoxy) is 2. The van der Waals surface area contributed by atoms with E-state index >= 15 is 0 Å². The number of thiocarbonyl (C=S) groups is 1. The number of unbranched alkanes of at least 4 members (excludes halogenated alkanes) is 1. The average molecular weight is 273 g/mol. The summed E-state index contributed by atoms with van der Waals surface area (Å²) in [5.74, 6) is -1.88. The van der Waals surface area contributed by atoms with Gasteiger partial charge in [0.1, 0.15) is 5.92 Å². The van der Waals surface area contributed by atoms with Crippen LogP contribution in [0.4, 0.5) is 13.2 Å². The first-order valence-corrected chi connectivity index (χ1v) is 5.82. The lowest BCUT2D eigenvalue weighted by molar-refractivity contribution is -0.168. The van der Waals surface area contributed by atoms with E-state index in [-0.39, 0.29) is 13.2 Å². The van der Waals surface area contributed by atoms with Crippen molar-refractivity contribution in [2.75, 3.05) is 26.4 Å². The van der Waals surface area contributed by atoms with E-state index in [1.54, 1.807) is 0 Å². The third kappa shape index (κ3) is 8.34. The van der Waals surface area contributed by atoms with Crippen molar-refractivity contribution in [2.24, 2.45) is 11.7 Å². The van der Waals surface area contributed by atoms with E-state index in [1.807, 2.05) is 6.92 Å². The molecule has 0 spiro atoms. The quantitative estimate of drug-likeness (QED) is 0.517. The summed E-state index contributed by atoms with van der Waals surface area (Å²) < 4.78 is 47.1. The molecule has 0 aromatic carbocycles. The minimum atomic E-state index is -4.45. The van der Waals surface area contributed by atoms with Gasteiger partial charge in [-0.05, 0) is 6.42 Å². The van der Waals surface area contributed by atoms with Gasteiger partial charge in [0.25, 0.3) is 0 Å². The van der Waals surface area contributed by atoms with Crippen LogP contribution >= 0.6 is 12.2 Å².